The summed E-state index contributed by atoms with van der Waals surface area (Å²) < 4.78 is 14.3. The summed E-state index contributed by atoms with van der Waals surface area (Å²) in [5, 5.41) is 9.90. The number of thioether (sulfide) groups is 1. The van der Waals surface area contributed by atoms with Crippen LogP contribution in [-0.2, 0) is 9.59 Å². The van der Waals surface area contributed by atoms with Crippen LogP contribution in [-0.4, -0.2) is 23.2 Å². The van der Waals surface area contributed by atoms with E-state index in [0.717, 1.165) is 11.8 Å². The molecule has 0 radical (unpaired) electrons. The van der Waals surface area contributed by atoms with E-state index in [2.05, 4.69) is 4.99 Å². The molecule has 1 unspecified atom stereocenters. The van der Waals surface area contributed by atoms with E-state index in [-0.39, 0.29) is 22.7 Å². The Hall–Kier alpha value is -2.46. The zero-order valence-electron chi connectivity index (χ0n) is 13.2. The first kappa shape index (κ1) is 17.9. The van der Waals surface area contributed by atoms with Gasteiger partial charge in [0, 0.05) is 11.6 Å². The van der Waals surface area contributed by atoms with Crippen molar-refractivity contribution in [1.29, 1.82) is 5.26 Å². The van der Waals surface area contributed by atoms with Gasteiger partial charge in [-0.25, -0.2) is 9.38 Å². The number of carbonyl (C=O) groups is 2. The molecule has 2 rings (SSSR count). The molecule has 1 aliphatic heterocycles. The number of allylic oxidation sites excluding steroid dienone is 1. The number of hydrogen-bond acceptors (Lipinski definition) is 5. The van der Waals surface area contributed by atoms with Gasteiger partial charge in [0.15, 0.2) is 0 Å². The number of carbonyl (C=O) groups excluding carboxylic acids is 2. The molecule has 0 fully saturated rings. The molecule has 1 aliphatic rings. The average molecular weight is 345 g/mol. The Morgan fingerprint density at radius 2 is 2.08 bits per heavy atom. The lowest BCUT2D eigenvalue weighted by atomic mass is 9.75. The molecule has 1 aromatic rings. The van der Waals surface area contributed by atoms with Gasteiger partial charge in [0.05, 0.1) is 23.3 Å². The van der Waals surface area contributed by atoms with Crippen molar-refractivity contribution in [3.05, 3.63) is 46.2 Å². The SMILES string of the molecule is CC(=O)C1C(C)=NC(SCC(N)=O)=C(C#N)[C@@H]1c1ccccc1F. The summed E-state index contributed by atoms with van der Waals surface area (Å²) in [6, 6.07) is 8.09. The maximum atomic E-state index is 14.3. The Kier molecular flexibility index (Phi) is 5.52. The number of primary amides is 1. The summed E-state index contributed by atoms with van der Waals surface area (Å²) in [7, 11) is 0. The molecule has 0 bridgehead atoms. The van der Waals surface area contributed by atoms with Crippen molar-refractivity contribution in [3.8, 4) is 6.07 Å². The van der Waals surface area contributed by atoms with Gasteiger partial charge in [-0.15, -0.1) is 0 Å². The summed E-state index contributed by atoms with van der Waals surface area (Å²) in [6.45, 7) is 3.06. The number of amides is 1. The van der Waals surface area contributed by atoms with Gasteiger partial charge in [-0.1, -0.05) is 30.0 Å². The monoisotopic (exact) mass is 345 g/mol. The summed E-state index contributed by atoms with van der Waals surface area (Å²) in [5.74, 6) is -2.76. The van der Waals surface area contributed by atoms with Crippen molar-refractivity contribution in [1.82, 2.24) is 0 Å². The molecule has 1 aromatic carbocycles. The van der Waals surface area contributed by atoms with Crippen molar-refractivity contribution >= 4 is 29.2 Å². The van der Waals surface area contributed by atoms with E-state index in [0.29, 0.717) is 10.7 Å². The van der Waals surface area contributed by atoms with Crippen LogP contribution in [0.3, 0.4) is 0 Å². The molecule has 1 heterocycles. The lowest BCUT2D eigenvalue weighted by molar-refractivity contribution is -0.119. The smallest absolute Gasteiger partial charge is 0.227 e. The first-order chi connectivity index (χ1) is 11.4. The highest BCUT2D eigenvalue weighted by Gasteiger charge is 2.38. The molecule has 0 aromatic heterocycles. The van der Waals surface area contributed by atoms with Crippen molar-refractivity contribution in [3.63, 3.8) is 0 Å². The standard InChI is InChI=1S/C17H16FN3O2S/c1-9-15(10(2)22)16(11-5-3-4-6-13(11)18)12(7-19)17(21-9)24-8-14(20)23/h3-6,15-16H,8H2,1-2H3,(H2,20,23)/t15?,16-/m0/s1. The minimum absolute atomic E-state index is 0.0496. The number of Topliss-reactive ketones (excluding diaryl/α,β-unsaturated/α-hetero) is 1. The van der Waals surface area contributed by atoms with Crippen LogP contribution >= 0.6 is 11.8 Å². The highest BCUT2D eigenvalue weighted by atomic mass is 32.2. The largest absolute Gasteiger partial charge is 0.369 e. The minimum Gasteiger partial charge on any atom is -0.369 e. The first-order valence-corrected chi connectivity index (χ1v) is 8.20. The minimum atomic E-state index is -0.762. The van der Waals surface area contributed by atoms with E-state index in [1.54, 1.807) is 25.1 Å². The van der Waals surface area contributed by atoms with E-state index < -0.39 is 23.6 Å². The first-order valence-electron chi connectivity index (χ1n) is 7.22. The second-order valence-corrected chi connectivity index (χ2v) is 6.39. The van der Waals surface area contributed by atoms with Crippen LogP contribution in [0.4, 0.5) is 4.39 Å². The Bertz CT molecular complexity index is 795. The summed E-state index contributed by atoms with van der Waals surface area (Å²) in [4.78, 5) is 27.5. The maximum Gasteiger partial charge on any atom is 0.227 e. The van der Waals surface area contributed by atoms with Crippen molar-refractivity contribution in [2.45, 2.75) is 19.8 Å². The molecule has 2 N–H and O–H groups in total. The number of benzene rings is 1. The third kappa shape index (κ3) is 3.54. The van der Waals surface area contributed by atoms with E-state index in [1.165, 1.54) is 13.0 Å². The molecule has 7 heteroatoms. The van der Waals surface area contributed by atoms with E-state index in [4.69, 9.17) is 5.73 Å². The van der Waals surface area contributed by atoms with Gasteiger partial charge in [0.1, 0.15) is 16.6 Å². The van der Waals surface area contributed by atoms with Gasteiger partial charge in [0.25, 0.3) is 0 Å². The van der Waals surface area contributed by atoms with Gasteiger partial charge in [0.2, 0.25) is 5.91 Å². The summed E-state index contributed by atoms with van der Waals surface area (Å²) in [5.41, 5.74) is 6.08. The quantitative estimate of drug-likeness (QED) is 0.887. The number of nitriles is 1. The molecule has 24 heavy (non-hydrogen) atoms. The summed E-state index contributed by atoms with van der Waals surface area (Å²) >= 11 is 1.02. The Balaban J connectivity index is 2.62. The number of ketones is 1. The van der Waals surface area contributed by atoms with Crippen molar-refractivity contribution < 1.29 is 14.0 Å². The number of aliphatic imine (C=N–C) groups is 1. The molecule has 0 spiro atoms. The highest BCUT2D eigenvalue weighted by molar-refractivity contribution is 8.03. The Morgan fingerprint density at radius 3 is 2.62 bits per heavy atom. The predicted octanol–water partition coefficient (Wildman–Crippen LogP) is 2.54. The van der Waals surface area contributed by atoms with Crippen LogP contribution in [0, 0.1) is 23.1 Å². The highest BCUT2D eigenvalue weighted by Crippen LogP contribution is 2.42. The fourth-order valence-corrected chi connectivity index (χ4v) is 3.60. The third-order valence-electron chi connectivity index (χ3n) is 3.75. The normalized spacial score (nSPS) is 20.3. The number of rotatable bonds is 5. The van der Waals surface area contributed by atoms with E-state index in [9.17, 15) is 19.2 Å². The van der Waals surface area contributed by atoms with Crippen LogP contribution in [0.15, 0.2) is 39.9 Å². The number of halogens is 1. The lowest BCUT2D eigenvalue weighted by Crippen LogP contribution is -2.32. The van der Waals surface area contributed by atoms with Crippen LogP contribution in [0.25, 0.3) is 0 Å². The van der Waals surface area contributed by atoms with Gasteiger partial charge in [-0.05, 0) is 25.5 Å². The van der Waals surface area contributed by atoms with Crippen LogP contribution in [0.1, 0.15) is 25.3 Å². The van der Waals surface area contributed by atoms with Crippen LogP contribution in [0.5, 0.6) is 0 Å². The zero-order valence-corrected chi connectivity index (χ0v) is 14.1. The molecular formula is C17H16FN3O2S. The molecule has 0 saturated carbocycles. The van der Waals surface area contributed by atoms with Crippen molar-refractivity contribution in [2.24, 2.45) is 16.6 Å². The topological polar surface area (TPSA) is 96.3 Å². The van der Waals surface area contributed by atoms with Gasteiger partial charge >= 0.3 is 0 Å². The van der Waals surface area contributed by atoms with Crippen LogP contribution < -0.4 is 5.73 Å². The lowest BCUT2D eigenvalue weighted by Gasteiger charge is -2.30. The molecule has 2 atom stereocenters. The molecule has 1 amide bonds. The van der Waals surface area contributed by atoms with Gasteiger partial charge < -0.3 is 5.73 Å². The maximum absolute atomic E-state index is 14.3. The molecule has 0 saturated heterocycles. The zero-order chi connectivity index (χ0) is 17.9. The van der Waals surface area contributed by atoms with Crippen LogP contribution in [0.2, 0.25) is 0 Å². The second-order valence-electron chi connectivity index (χ2n) is 5.43. The van der Waals surface area contributed by atoms with Gasteiger partial charge in [-0.3, -0.25) is 9.59 Å². The fourth-order valence-electron chi connectivity index (χ4n) is 2.79. The molecule has 0 aliphatic carbocycles. The average Bonchev–Trinajstić information content (AvgIpc) is 2.52. The van der Waals surface area contributed by atoms with E-state index in [1.807, 2.05) is 6.07 Å². The molecular weight excluding hydrogens is 329 g/mol. The fraction of sp³-hybridized carbons (Fsp3) is 0.294. The van der Waals surface area contributed by atoms with Crippen molar-refractivity contribution in [2.75, 3.05) is 5.75 Å². The summed E-state index contributed by atoms with van der Waals surface area (Å²) in [6.07, 6.45) is 0. The number of nitrogens with zero attached hydrogens (tertiary/aromatic N) is 2. The third-order valence-corrected chi connectivity index (χ3v) is 4.77. The molecule has 124 valence electrons. The molecule has 5 nitrogen and oxygen atoms in total. The Morgan fingerprint density at radius 1 is 1.42 bits per heavy atom. The van der Waals surface area contributed by atoms with Gasteiger partial charge in [-0.2, -0.15) is 5.26 Å². The second kappa shape index (κ2) is 7.41. The number of nitrogens with two attached hydrogens (primary N) is 1. The van der Waals surface area contributed by atoms with E-state index >= 15 is 0 Å². The number of hydrogen-bond donors (Lipinski definition) is 1. The predicted molar refractivity (Wildman–Crippen MR) is 90.7 cm³/mol. The Labute approximate surface area is 143 Å².